The Morgan fingerprint density at radius 1 is 1.21 bits per heavy atom. The molecule has 0 heterocycles. The SMILES string of the molecule is CCCC.Nc1ccc(C(=O)O)cc1. The summed E-state index contributed by atoms with van der Waals surface area (Å²) in [5.74, 6) is -0.931. The van der Waals surface area contributed by atoms with Crippen molar-refractivity contribution in [3.63, 3.8) is 0 Å². The molecule has 0 atom stereocenters. The molecule has 0 aliphatic carbocycles. The molecule has 3 N–H and O–H groups in total. The summed E-state index contributed by atoms with van der Waals surface area (Å²) < 4.78 is 0. The molecule has 14 heavy (non-hydrogen) atoms. The number of carbonyl (C=O) groups is 1. The number of rotatable bonds is 2. The molecule has 0 bridgehead atoms. The van der Waals surface area contributed by atoms with E-state index in [2.05, 4.69) is 13.8 Å². The lowest BCUT2D eigenvalue weighted by Gasteiger charge is -1.93. The van der Waals surface area contributed by atoms with Gasteiger partial charge in [-0.3, -0.25) is 0 Å². The molecule has 0 aliphatic rings. The van der Waals surface area contributed by atoms with Crippen LogP contribution in [0, 0.1) is 0 Å². The second-order valence-electron chi connectivity index (χ2n) is 2.93. The Balaban J connectivity index is 0.000000364. The van der Waals surface area contributed by atoms with Crippen LogP contribution in [0.4, 0.5) is 5.69 Å². The van der Waals surface area contributed by atoms with Crippen LogP contribution in [0.15, 0.2) is 24.3 Å². The van der Waals surface area contributed by atoms with Gasteiger partial charge in [-0.1, -0.05) is 26.7 Å². The molecule has 0 fully saturated rings. The average Bonchev–Trinajstić information content (AvgIpc) is 2.19. The predicted octanol–water partition coefficient (Wildman–Crippen LogP) is 2.77. The molecule has 3 heteroatoms. The van der Waals surface area contributed by atoms with Crippen molar-refractivity contribution in [2.24, 2.45) is 0 Å². The molecule has 0 radical (unpaired) electrons. The molecular formula is C11H17NO2. The Bertz CT molecular complexity index is 265. The molecular weight excluding hydrogens is 178 g/mol. The highest BCUT2D eigenvalue weighted by atomic mass is 16.4. The molecule has 0 aromatic heterocycles. The van der Waals surface area contributed by atoms with Gasteiger partial charge in [-0.05, 0) is 24.3 Å². The van der Waals surface area contributed by atoms with Gasteiger partial charge in [0.1, 0.15) is 0 Å². The van der Waals surface area contributed by atoms with Crippen LogP contribution in [0.25, 0.3) is 0 Å². The normalized spacial score (nSPS) is 8.71. The zero-order chi connectivity index (χ0) is 11.0. The summed E-state index contributed by atoms with van der Waals surface area (Å²) in [5.41, 5.74) is 6.17. The highest BCUT2D eigenvalue weighted by Gasteiger charge is 1.98. The third-order valence-electron chi connectivity index (χ3n) is 1.66. The largest absolute Gasteiger partial charge is 0.478 e. The minimum absolute atomic E-state index is 0.259. The van der Waals surface area contributed by atoms with Gasteiger partial charge >= 0.3 is 5.97 Å². The number of nitrogens with two attached hydrogens (primary N) is 1. The van der Waals surface area contributed by atoms with Gasteiger partial charge in [-0.25, -0.2) is 4.79 Å². The number of unbranched alkanes of at least 4 members (excludes halogenated alkanes) is 1. The van der Waals surface area contributed by atoms with Crippen molar-refractivity contribution >= 4 is 11.7 Å². The standard InChI is InChI=1S/C7H7NO2.C4H10/c8-6-3-1-5(2-4-6)7(9)10;1-3-4-2/h1-4H,8H2,(H,9,10);3-4H2,1-2H3. The molecule has 78 valence electrons. The fraction of sp³-hybridized carbons (Fsp3) is 0.364. The van der Waals surface area contributed by atoms with Gasteiger partial charge in [0, 0.05) is 5.69 Å². The van der Waals surface area contributed by atoms with Crippen molar-refractivity contribution in [3.05, 3.63) is 29.8 Å². The summed E-state index contributed by atoms with van der Waals surface area (Å²) in [6.45, 7) is 4.36. The first kappa shape index (κ1) is 12.5. The van der Waals surface area contributed by atoms with Crippen molar-refractivity contribution in [1.82, 2.24) is 0 Å². The monoisotopic (exact) mass is 195 g/mol. The zero-order valence-electron chi connectivity index (χ0n) is 8.66. The van der Waals surface area contributed by atoms with Gasteiger partial charge in [0.2, 0.25) is 0 Å². The van der Waals surface area contributed by atoms with Crippen LogP contribution in [0.1, 0.15) is 37.0 Å². The summed E-state index contributed by atoms with van der Waals surface area (Å²) in [6.07, 6.45) is 2.64. The third-order valence-corrected chi connectivity index (χ3v) is 1.66. The molecule has 1 rings (SSSR count). The van der Waals surface area contributed by atoms with Crippen LogP contribution in [-0.2, 0) is 0 Å². The number of carboxylic acids is 1. The van der Waals surface area contributed by atoms with Crippen molar-refractivity contribution < 1.29 is 9.90 Å². The summed E-state index contributed by atoms with van der Waals surface area (Å²) in [4.78, 5) is 10.3. The highest BCUT2D eigenvalue weighted by Crippen LogP contribution is 2.04. The topological polar surface area (TPSA) is 63.3 Å². The first-order valence-corrected chi connectivity index (χ1v) is 4.70. The van der Waals surface area contributed by atoms with Crippen LogP contribution in [0.5, 0.6) is 0 Å². The van der Waals surface area contributed by atoms with E-state index in [1.54, 1.807) is 12.1 Å². The fourth-order valence-corrected chi connectivity index (χ4v) is 0.626. The molecule has 3 nitrogen and oxygen atoms in total. The molecule has 0 saturated heterocycles. The van der Waals surface area contributed by atoms with Crippen molar-refractivity contribution in [3.8, 4) is 0 Å². The minimum atomic E-state index is -0.931. The predicted molar refractivity (Wildman–Crippen MR) is 58.4 cm³/mol. The minimum Gasteiger partial charge on any atom is -0.478 e. The maximum atomic E-state index is 10.3. The van der Waals surface area contributed by atoms with Gasteiger partial charge < -0.3 is 10.8 Å². The van der Waals surface area contributed by atoms with Gasteiger partial charge in [0.25, 0.3) is 0 Å². The Morgan fingerprint density at radius 3 is 1.93 bits per heavy atom. The number of benzene rings is 1. The molecule has 1 aromatic carbocycles. The number of carboxylic acid groups (broad SMARTS) is 1. The summed E-state index contributed by atoms with van der Waals surface area (Å²) in [7, 11) is 0. The number of hydrogen-bond donors (Lipinski definition) is 2. The average molecular weight is 195 g/mol. The Morgan fingerprint density at radius 2 is 1.64 bits per heavy atom. The van der Waals surface area contributed by atoms with E-state index >= 15 is 0 Å². The van der Waals surface area contributed by atoms with Gasteiger partial charge in [0.05, 0.1) is 5.56 Å². The number of aromatic carboxylic acids is 1. The maximum Gasteiger partial charge on any atom is 0.335 e. The zero-order valence-corrected chi connectivity index (χ0v) is 8.66. The smallest absolute Gasteiger partial charge is 0.335 e. The van der Waals surface area contributed by atoms with Crippen LogP contribution in [-0.4, -0.2) is 11.1 Å². The summed E-state index contributed by atoms with van der Waals surface area (Å²) in [5, 5.41) is 8.43. The quantitative estimate of drug-likeness (QED) is 0.713. The molecule has 1 aromatic rings. The number of hydrogen-bond acceptors (Lipinski definition) is 2. The van der Waals surface area contributed by atoms with E-state index < -0.39 is 5.97 Å². The van der Waals surface area contributed by atoms with E-state index in [-0.39, 0.29) is 5.56 Å². The number of nitrogen functional groups attached to an aromatic ring is 1. The fourth-order valence-electron chi connectivity index (χ4n) is 0.626. The van der Waals surface area contributed by atoms with Gasteiger partial charge in [-0.15, -0.1) is 0 Å². The van der Waals surface area contributed by atoms with Crippen molar-refractivity contribution in [1.29, 1.82) is 0 Å². The van der Waals surface area contributed by atoms with E-state index in [9.17, 15) is 4.79 Å². The van der Waals surface area contributed by atoms with Crippen molar-refractivity contribution in [2.45, 2.75) is 26.7 Å². The maximum absolute atomic E-state index is 10.3. The highest BCUT2D eigenvalue weighted by molar-refractivity contribution is 5.87. The third kappa shape index (κ3) is 5.19. The van der Waals surface area contributed by atoms with Crippen LogP contribution < -0.4 is 5.73 Å². The second kappa shape index (κ2) is 6.95. The lowest BCUT2D eigenvalue weighted by atomic mass is 10.2. The van der Waals surface area contributed by atoms with E-state index in [0.29, 0.717) is 5.69 Å². The Hall–Kier alpha value is -1.51. The van der Waals surface area contributed by atoms with E-state index in [1.807, 2.05) is 0 Å². The first-order valence-electron chi connectivity index (χ1n) is 4.70. The van der Waals surface area contributed by atoms with Crippen LogP contribution >= 0.6 is 0 Å². The van der Waals surface area contributed by atoms with Crippen LogP contribution in [0.2, 0.25) is 0 Å². The molecule has 0 amide bonds. The Kier molecular flexibility index (Phi) is 6.20. The van der Waals surface area contributed by atoms with Gasteiger partial charge in [-0.2, -0.15) is 0 Å². The molecule has 0 saturated carbocycles. The van der Waals surface area contributed by atoms with Crippen LogP contribution in [0.3, 0.4) is 0 Å². The lowest BCUT2D eigenvalue weighted by molar-refractivity contribution is 0.0697. The Labute approximate surface area is 84.6 Å². The van der Waals surface area contributed by atoms with E-state index in [4.69, 9.17) is 10.8 Å². The first-order chi connectivity index (χ1) is 6.61. The van der Waals surface area contributed by atoms with E-state index in [0.717, 1.165) is 0 Å². The van der Waals surface area contributed by atoms with E-state index in [1.165, 1.54) is 25.0 Å². The lowest BCUT2D eigenvalue weighted by Crippen LogP contribution is -1.95. The summed E-state index contributed by atoms with van der Waals surface area (Å²) >= 11 is 0. The molecule has 0 aliphatic heterocycles. The summed E-state index contributed by atoms with van der Waals surface area (Å²) in [6, 6.07) is 6.06. The molecule has 0 spiro atoms. The number of anilines is 1. The second-order valence-corrected chi connectivity index (χ2v) is 2.93. The molecule has 0 unspecified atom stereocenters. The van der Waals surface area contributed by atoms with Gasteiger partial charge in [0.15, 0.2) is 0 Å². The van der Waals surface area contributed by atoms with Crippen molar-refractivity contribution in [2.75, 3.05) is 5.73 Å².